The minimum atomic E-state index is -4.64. The van der Waals surface area contributed by atoms with E-state index in [1.54, 1.807) is 32.0 Å². The maximum Gasteiger partial charge on any atom is 0.380 e. The molecule has 0 spiro atoms. The zero-order chi connectivity index (χ0) is 32.6. The van der Waals surface area contributed by atoms with Gasteiger partial charge >= 0.3 is 13.6 Å². The van der Waals surface area contributed by atoms with Crippen LogP contribution in [0.4, 0.5) is 8.78 Å². The fourth-order valence-corrected chi connectivity index (χ4v) is 6.11. The molecule has 1 aliphatic rings. The van der Waals surface area contributed by atoms with E-state index in [1.807, 2.05) is 0 Å². The SMILES string of the molecule is [2H]C([2H])(O[P@@](=O)(C[C@@H](C)C(=O)OC(C)C)Oc1ccccc1)[C@H]1O[C@@H](n2cc(F)c3c(=O)[nH]c(C)nc32)C(F)(C#CC)[C@H]1O. The summed E-state index contributed by atoms with van der Waals surface area (Å²) in [5, 5.41) is 10.6. The number of H-pyrrole nitrogens is 1. The molecule has 1 aromatic carbocycles. The van der Waals surface area contributed by atoms with E-state index in [4.69, 9.17) is 21.3 Å². The monoisotopic (exact) mass is 609 g/mol. The summed E-state index contributed by atoms with van der Waals surface area (Å²) in [5.41, 5.74) is -4.29. The number of aromatic nitrogens is 3. The number of carbonyl (C=O) groups excluding carboxylic acids is 1. The predicted molar refractivity (Wildman–Crippen MR) is 148 cm³/mol. The first-order chi connectivity index (χ1) is 20.5. The molecule has 4 rings (SSSR count). The number of aryl methyl sites for hydroxylation is 1. The summed E-state index contributed by atoms with van der Waals surface area (Å²) in [4.78, 5) is 31.3. The van der Waals surface area contributed by atoms with Gasteiger partial charge < -0.3 is 24.1 Å². The highest BCUT2D eigenvalue weighted by atomic mass is 31.2. The molecule has 0 saturated carbocycles. The number of hydrogen-bond acceptors (Lipinski definition) is 9. The Kier molecular flexibility index (Phi) is 8.40. The van der Waals surface area contributed by atoms with Crippen LogP contribution in [0.15, 0.2) is 41.3 Å². The molecule has 1 fully saturated rings. The van der Waals surface area contributed by atoms with Gasteiger partial charge in [-0.3, -0.25) is 18.7 Å². The largest absolute Gasteiger partial charge is 0.463 e. The number of aliphatic hydroxyl groups excluding tert-OH is 1. The van der Waals surface area contributed by atoms with Crippen LogP contribution in [0.5, 0.6) is 5.75 Å². The summed E-state index contributed by atoms with van der Waals surface area (Å²) in [6.45, 7) is 4.02. The molecule has 11 nitrogen and oxygen atoms in total. The first kappa shape index (κ1) is 28.6. The number of nitrogens with one attached hydrogen (secondary N) is 1. The van der Waals surface area contributed by atoms with Crippen LogP contribution >= 0.6 is 7.60 Å². The highest BCUT2D eigenvalue weighted by molar-refractivity contribution is 7.54. The molecule has 14 heteroatoms. The quantitative estimate of drug-likeness (QED) is 0.198. The van der Waals surface area contributed by atoms with Gasteiger partial charge in [0.15, 0.2) is 17.7 Å². The van der Waals surface area contributed by atoms with Crippen molar-refractivity contribution in [2.75, 3.05) is 12.7 Å². The number of hydrogen-bond donors (Lipinski definition) is 2. The van der Waals surface area contributed by atoms with Gasteiger partial charge in [-0.1, -0.05) is 31.0 Å². The topological polar surface area (TPSA) is 142 Å². The fourth-order valence-electron chi connectivity index (χ4n) is 4.39. The molecule has 1 aliphatic heterocycles. The number of esters is 1. The molecular weight excluding hydrogens is 575 g/mol. The van der Waals surface area contributed by atoms with Gasteiger partial charge in [-0.2, -0.15) is 0 Å². The average molecular weight is 610 g/mol. The standard InChI is InChI=1S/C28H32F2N3O8P/c1-6-12-28(30)23(34)21(40-27(28)33-13-20(29)22-24(33)31-18(5)32-25(22)35)14-38-42(37,41-19-10-8-7-9-11-19)15-17(4)26(36)39-16(2)3/h7-11,13,16-17,21,23,27,34H,14-15H2,1-5H3,(H,31,32,35)/t17-,21-,23+,27-,28?,42+/m1/s1/i14D2. The fraction of sp³-hybridized carbons (Fsp3) is 0.464. The Morgan fingerprint density at radius 2 is 2.05 bits per heavy atom. The Bertz CT molecular complexity index is 1710. The molecule has 2 N–H and O–H groups in total. The van der Waals surface area contributed by atoms with Crippen molar-refractivity contribution in [3.63, 3.8) is 0 Å². The van der Waals surface area contributed by atoms with E-state index >= 15 is 4.39 Å². The molecule has 0 radical (unpaired) electrons. The van der Waals surface area contributed by atoms with E-state index in [-0.39, 0.29) is 17.2 Å². The lowest BCUT2D eigenvalue weighted by molar-refractivity contribution is -0.151. The Hall–Kier alpha value is -3.56. The van der Waals surface area contributed by atoms with Crippen LogP contribution < -0.4 is 10.1 Å². The predicted octanol–water partition coefficient (Wildman–Crippen LogP) is 4.04. The summed E-state index contributed by atoms with van der Waals surface area (Å²) >= 11 is 0. The Balaban J connectivity index is 1.74. The van der Waals surface area contributed by atoms with E-state index in [1.165, 1.54) is 32.9 Å². The number of aromatic amines is 1. The number of halogens is 2. The zero-order valence-corrected chi connectivity index (χ0v) is 24.4. The second kappa shape index (κ2) is 12.4. The van der Waals surface area contributed by atoms with Crippen molar-refractivity contribution in [3.05, 3.63) is 58.5 Å². The lowest BCUT2D eigenvalue weighted by atomic mass is 9.96. The highest BCUT2D eigenvalue weighted by Crippen LogP contribution is 2.51. The van der Waals surface area contributed by atoms with Gasteiger partial charge in [0.25, 0.3) is 5.56 Å². The van der Waals surface area contributed by atoms with Crippen LogP contribution in [0.2, 0.25) is 0 Å². The summed E-state index contributed by atoms with van der Waals surface area (Å²) in [6.07, 6.45) is -7.09. The Morgan fingerprint density at radius 1 is 1.36 bits per heavy atom. The van der Waals surface area contributed by atoms with Crippen molar-refractivity contribution in [2.45, 2.75) is 64.8 Å². The third kappa shape index (κ3) is 6.42. The van der Waals surface area contributed by atoms with Gasteiger partial charge in [-0.25, -0.2) is 18.3 Å². The molecule has 1 unspecified atom stereocenters. The second-order valence-electron chi connectivity index (χ2n) is 10.0. The Morgan fingerprint density at radius 3 is 2.69 bits per heavy atom. The van der Waals surface area contributed by atoms with E-state index in [0.717, 1.165) is 10.8 Å². The minimum Gasteiger partial charge on any atom is -0.463 e. The van der Waals surface area contributed by atoms with Crippen molar-refractivity contribution < 1.29 is 44.5 Å². The summed E-state index contributed by atoms with van der Waals surface area (Å²) < 4.78 is 85.5. The lowest BCUT2D eigenvalue weighted by Gasteiger charge is -2.25. The third-order valence-corrected chi connectivity index (χ3v) is 8.09. The number of ether oxygens (including phenoxy) is 2. The minimum absolute atomic E-state index is 0.0134. The van der Waals surface area contributed by atoms with Crippen molar-refractivity contribution in [1.82, 2.24) is 14.5 Å². The number of rotatable bonds is 10. The number of aliphatic hydroxyl groups is 1. The molecule has 2 aromatic heterocycles. The smallest absolute Gasteiger partial charge is 0.380 e. The number of benzene rings is 1. The average Bonchev–Trinajstić information content (AvgIpc) is 3.37. The molecular formula is C28H32F2N3O8P. The highest BCUT2D eigenvalue weighted by Gasteiger charge is 2.58. The number of nitrogens with zero attached hydrogens (tertiary/aromatic N) is 2. The van der Waals surface area contributed by atoms with Crippen molar-refractivity contribution in [1.29, 1.82) is 0 Å². The van der Waals surface area contributed by atoms with Gasteiger partial charge in [0.1, 0.15) is 29.2 Å². The molecule has 1 saturated heterocycles. The first-order valence-electron chi connectivity index (χ1n) is 14.0. The van der Waals surface area contributed by atoms with Crippen LogP contribution in [-0.4, -0.2) is 62.3 Å². The number of alkyl halides is 1. The molecule has 3 heterocycles. The zero-order valence-electron chi connectivity index (χ0n) is 25.5. The molecule has 0 amide bonds. The van der Waals surface area contributed by atoms with Crippen LogP contribution in [0, 0.1) is 30.5 Å². The summed E-state index contributed by atoms with van der Waals surface area (Å²) in [7, 11) is -4.64. The van der Waals surface area contributed by atoms with Crippen molar-refractivity contribution in [3.8, 4) is 17.6 Å². The maximum absolute atomic E-state index is 16.6. The number of carbonyl (C=O) groups is 1. The van der Waals surface area contributed by atoms with E-state index in [0.29, 0.717) is 0 Å². The lowest BCUT2D eigenvalue weighted by Crippen LogP contribution is -2.42. The molecule has 0 aliphatic carbocycles. The van der Waals surface area contributed by atoms with Crippen LogP contribution in [-0.2, 0) is 23.4 Å². The van der Waals surface area contributed by atoms with E-state index in [2.05, 4.69) is 21.8 Å². The second-order valence-corrected chi connectivity index (χ2v) is 12.0. The third-order valence-electron chi connectivity index (χ3n) is 6.22. The van der Waals surface area contributed by atoms with Gasteiger partial charge in [0.2, 0.25) is 5.67 Å². The number of para-hydroxylation sites is 1. The molecule has 42 heavy (non-hydrogen) atoms. The van der Waals surface area contributed by atoms with E-state index in [9.17, 15) is 23.7 Å². The molecule has 3 aromatic rings. The molecule has 6 atom stereocenters. The number of fused-ring (bicyclic) bond motifs is 1. The van der Waals surface area contributed by atoms with Crippen LogP contribution in [0.25, 0.3) is 11.0 Å². The summed E-state index contributed by atoms with van der Waals surface area (Å²) in [6, 6.07) is 7.61. The van der Waals surface area contributed by atoms with Gasteiger partial charge in [-0.05, 0) is 39.8 Å². The first-order valence-corrected chi connectivity index (χ1v) is 14.7. The van der Waals surface area contributed by atoms with Crippen LogP contribution in [0.1, 0.15) is 42.5 Å². The van der Waals surface area contributed by atoms with E-state index < -0.39 is 79.2 Å². The van der Waals surface area contributed by atoms with Gasteiger partial charge in [0, 0.05) is 6.20 Å². The summed E-state index contributed by atoms with van der Waals surface area (Å²) in [5.74, 6) is 1.61. The Labute approximate surface area is 243 Å². The van der Waals surface area contributed by atoms with Crippen molar-refractivity contribution >= 4 is 24.6 Å². The maximum atomic E-state index is 16.6. The normalized spacial score (nSPS) is 25.2. The molecule has 0 bridgehead atoms. The van der Waals surface area contributed by atoms with Gasteiger partial charge in [-0.15, -0.1) is 5.92 Å². The van der Waals surface area contributed by atoms with Gasteiger partial charge in [0.05, 0.1) is 27.5 Å². The van der Waals surface area contributed by atoms with Crippen LogP contribution in [0.3, 0.4) is 0 Å². The molecule has 226 valence electrons. The van der Waals surface area contributed by atoms with Crippen molar-refractivity contribution in [2.24, 2.45) is 5.92 Å².